The topological polar surface area (TPSA) is 66.2 Å². The molecule has 1 aromatic rings. The minimum absolute atomic E-state index is 0. The molecule has 0 saturated carbocycles. The molecule has 0 unspecified atom stereocenters. The summed E-state index contributed by atoms with van der Waals surface area (Å²) >= 11 is 0. The molecule has 5 heteroatoms. The van der Waals surface area contributed by atoms with Crippen LogP contribution in [0.3, 0.4) is 0 Å². The van der Waals surface area contributed by atoms with E-state index in [-0.39, 0.29) is 41.3 Å². The third kappa shape index (κ3) is 2.64. The monoisotopic (exact) mass is 135 g/mol. The molecule has 0 aliphatic heterocycles. The second-order valence-corrected chi connectivity index (χ2v) is 1.23. The molecule has 0 atom stereocenters. The molecule has 43 valence electrons. The summed E-state index contributed by atoms with van der Waals surface area (Å²) in [5, 5.41) is 17.0. The van der Waals surface area contributed by atoms with Crippen LogP contribution in [-0.4, -0.2) is 49.7 Å². The van der Waals surface area contributed by atoms with E-state index in [2.05, 4.69) is 9.97 Å². The third-order valence-corrected chi connectivity index (χ3v) is 0.638. The SMILES string of the molecule is Oc1cc(O)ncn1.[Na]. The summed E-state index contributed by atoms with van der Waals surface area (Å²) in [4.78, 5) is 6.65. The van der Waals surface area contributed by atoms with Gasteiger partial charge in [-0.15, -0.1) is 0 Å². The molecule has 0 fully saturated rings. The molecular weight excluding hydrogens is 131 g/mol. The number of hydrogen-bond acceptors (Lipinski definition) is 4. The van der Waals surface area contributed by atoms with Crippen LogP contribution in [0.2, 0.25) is 0 Å². The van der Waals surface area contributed by atoms with Crippen LogP contribution in [0.5, 0.6) is 11.8 Å². The zero-order chi connectivity index (χ0) is 5.98. The van der Waals surface area contributed by atoms with E-state index in [9.17, 15) is 0 Å². The number of hydrogen-bond donors (Lipinski definition) is 2. The molecule has 1 heterocycles. The van der Waals surface area contributed by atoms with Crippen molar-refractivity contribution < 1.29 is 10.2 Å². The van der Waals surface area contributed by atoms with Crippen LogP contribution in [0.4, 0.5) is 0 Å². The van der Waals surface area contributed by atoms with Crippen LogP contribution >= 0.6 is 0 Å². The first kappa shape index (κ1) is 8.68. The van der Waals surface area contributed by atoms with Gasteiger partial charge in [0.1, 0.15) is 6.33 Å². The fraction of sp³-hybridized carbons (Fsp3) is 0. The summed E-state index contributed by atoms with van der Waals surface area (Å²) in [5.41, 5.74) is 0. The molecule has 0 spiro atoms. The maximum Gasteiger partial charge on any atom is 0.217 e. The first-order valence-electron chi connectivity index (χ1n) is 1.99. The molecular formula is C4H4N2NaO2. The van der Waals surface area contributed by atoms with Crippen LogP contribution in [-0.2, 0) is 0 Å². The van der Waals surface area contributed by atoms with Crippen molar-refractivity contribution >= 4 is 29.6 Å². The summed E-state index contributed by atoms with van der Waals surface area (Å²) in [6, 6.07) is 1.06. The van der Waals surface area contributed by atoms with Crippen molar-refractivity contribution in [3.05, 3.63) is 12.4 Å². The largest absolute Gasteiger partial charge is 0.493 e. The van der Waals surface area contributed by atoms with E-state index in [1.165, 1.54) is 0 Å². The Bertz CT molecular complexity index is 176. The summed E-state index contributed by atoms with van der Waals surface area (Å²) in [5.74, 6) is -0.449. The maximum atomic E-state index is 8.50. The van der Waals surface area contributed by atoms with Crippen LogP contribution in [0, 0.1) is 0 Å². The zero-order valence-corrected chi connectivity index (χ0v) is 6.94. The Kier molecular flexibility index (Phi) is 3.53. The predicted octanol–water partition coefficient (Wildman–Crippen LogP) is -0.493. The number of aromatic nitrogens is 2. The van der Waals surface area contributed by atoms with Crippen molar-refractivity contribution in [2.75, 3.05) is 0 Å². The molecule has 9 heavy (non-hydrogen) atoms. The average Bonchev–Trinajstić information content (AvgIpc) is 1.64. The number of aromatic hydroxyl groups is 2. The van der Waals surface area contributed by atoms with Gasteiger partial charge in [0, 0.05) is 29.6 Å². The Labute approximate surface area is 73.9 Å². The van der Waals surface area contributed by atoms with Gasteiger partial charge in [0.05, 0.1) is 6.07 Å². The Morgan fingerprint density at radius 1 is 1.11 bits per heavy atom. The van der Waals surface area contributed by atoms with Crippen LogP contribution in [0.25, 0.3) is 0 Å². The molecule has 1 radical (unpaired) electrons. The van der Waals surface area contributed by atoms with Gasteiger partial charge in [-0.1, -0.05) is 0 Å². The van der Waals surface area contributed by atoms with Crippen LogP contribution in [0.1, 0.15) is 0 Å². The molecule has 0 aliphatic rings. The summed E-state index contributed by atoms with van der Waals surface area (Å²) in [7, 11) is 0. The second-order valence-electron chi connectivity index (χ2n) is 1.23. The van der Waals surface area contributed by atoms with Gasteiger partial charge in [0.15, 0.2) is 0 Å². The predicted molar refractivity (Wildman–Crippen MR) is 31.1 cm³/mol. The van der Waals surface area contributed by atoms with E-state index in [1.807, 2.05) is 0 Å². The van der Waals surface area contributed by atoms with Crippen molar-refractivity contribution in [3.63, 3.8) is 0 Å². The minimum atomic E-state index is -0.225. The molecule has 4 nitrogen and oxygen atoms in total. The maximum absolute atomic E-state index is 8.50. The van der Waals surface area contributed by atoms with Gasteiger partial charge in [0.25, 0.3) is 0 Å². The van der Waals surface area contributed by atoms with E-state index in [1.54, 1.807) is 0 Å². The van der Waals surface area contributed by atoms with E-state index in [4.69, 9.17) is 10.2 Å². The molecule has 0 aromatic carbocycles. The van der Waals surface area contributed by atoms with E-state index < -0.39 is 0 Å². The van der Waals surface area contributed by atoms with E-state index >= 15 is 0 Å². The summed E-state index contributed by atoms with van der Waals surface area (Å²) in [6.45, 7) is 0. The van der Waals surface area contributed by atoms with Crippen molar-refractivity contribution in [2.24, 2.45) is 0 Å². The van der Waals surface area contributed by atoms with Crippen LogP contribution < -0.4 is 0 Å². The van der Waals surface area contributed by atoms with Gasteiger partial charge in [-0.25, -0.2) is 9.97 Å². The first-order chi connectivity index (χ1) is 3.79. The fourth-order valence-corrected chi connectivity index (χ4v) is 0.337. The Morgan fingerprint density at radius 2 is 1.56 bits per heavy atom. The zero-order valence-electron chi connectivity index (χ0n) is 4.94. The third-order valence-electron chi connectivity index (χ3n) is 0.638. The normalized spacial score (nSPS) is 8.00. The van der Waals surface area contributed by atoms with Gasteiger partial charge in [0.2, 0.25) is 11.8 Å². The van der Waals surface area contributed by atoms with Gasteiger partial charge >= 0.3 is 0 Å². The molecule has 1 rings (SSSR count). The molecule has 0 aliphatic carbocycles. The van der Waals surface area contributed by atoms with Gasteiger partial charge in [-0.3, -0.25) is 0 Å². The average molecular weight is 135 g/mol. The van der Waals surface area contributed by atoms with Gasteiger partial charge in [-0.05, 0) is 0 Å². The van der Waals surface area contributed by atoms with Crippen molar-refractivity contribution in [1.82, 2.24) is 9.97 Å². The molecule has 1 aromatic heterocycles. The van der Waals surface area contributed by atoms with Crippen molar-refractivity contribution in [3.8, 4) is 11.8 Å². The quantitative estimate of drug-likeness (QED) is 0.471. The minimum Gasteiger partial charge on any atom is -0.493 e. The summed E-state index contributed by atoms with van der Waals surface area (Å²) < 4.78 is 0. The Morgan fingerprint density at radius 3 is 1.78 bits per heavy atom. The van der Waals surface area contributed by atoms with Crippen molar-refractivity contribution in [2.45, 2.75) is 0 Å². The second kappa shape index (κ2) is 3.66. The summed E-state index contributed by atoms with van der Waals surface area (Å²) in [6.07, 6.45) is 1.07. The van der Waals surface area contributed by atoms with Crippen LogP contribution in [0.15, 0.2) is 12.4 Å². The van der Waals surface area contributed by atoms with Gasteiger partial charge < -0.3 is 10.2 Å². The first-order valence-corrected chi connectivity index (χ1v) is 1.99. The smallest absolute Gasteiger partial charge is 0.217 e. The Balaban J connectivity index is 0.000000640. The van der Waals surface area contributed by atoms with Crippen molar-refractivity contribution in [1.29, 1.82) is 0 Å². The molecule has 2 N–H and O–H groups in total. The van der Waals surface area contributed by atoms with Gasteiger partial charge in [-0.2, -0.15) is 0 Å². The fourth-order valence-electron chi connectivity index (χ4n) is 0.337. The standard InChI is InChI=1S/C4H4N2O2.Na/c7-3-1-4(8)6-2-5-3;/h1-2H,(H2,5,6,7,8);. The Hall–Kier alpha value is -0.320. The molecule has 0 bridgehead atoms. The van der Waals surface area contributed by atoms with E-state index in [0.717, 1.165) is 12.4 Å². The number of rotatable bonds is 0. The number of nitrogens with zero attached hydrogens (tertiary/aromatic N) is 2. The molecule has 0 amide bonds. The molecule has 0 saturated heterocycles. The van der Waals surface area contributed by atoms with E-state index in [0.29, 0.717) is 0 Å².